The Bertz CT molecular complexity index is 1380. The van der Waals surface area contributed by atoms with Crippen molar-refractivity contribution in [1.82, 2.24) is 29.8 Å². The van der Waals surface area contributed by atoms with Crippen molar-refractivity contribution >= 4 is 22.6 Å². The molecule has 10 nitrogen and oxygen atoms in total. The highest BCUT2D eigenvalue weighted by molar-refractivity contribution is 5.97. The van der Waals surface area contributed by atoms with Crippen molar-refractivity contribution in [2.75, 3.05) is 5.73 Å². The number of nitrogens with two attached hydrogens (primary N) is 1. The van der Waals surface area contributed by atoms with Crippen LogP contribution < -0.4 is 5.73 Å². The molecule has 2 N–H and O–H groups in total. The van der Waals surface area contributed by atoms with Crippen molar-refractivity contribution in [3.63, 3.8) is 0 Å². The van der Waals surface area contributed by atoms with Crippen LogP contribution in [-0.2, 0) is 31.0 Å². The minimum Gasteiger partial charge on any atom is -0.383 e. The van der Waals surface area contributed by atoms with Crippen LogP contribution in [0.4, 0.5) is 5.82 Å². The minimum atomic E-state index is -0.306. The molecule has 10 heteroatoms. The molecule has 1 aliphatic heterocycles. The highest BCUT2D eigenvalue weighted by Gasteiger charge is 2.23. The Balaban J connectivity index is 1.51. The van der Waals surface area contributed by atoms with E-state index in [0.29, 0.717) is 41.6 Å². The van der Waals surface area contributed by atoms with Crippen LogP contribution in [0.5, 0.6) is 0 Å². The molecular formula is C23H18N8O2. The number of hydrogen-bond donors (Lipinski definition) is 1. The number of ether oxygens (including phenoxy) is 1. The summed E-state index contributed by atoms with van der Waals surface area (Å²) in [6.07, 6.45) is 6.27. The Morgan fingerprint density at radius 2 is 1.91 bits per heavy atom. The summed E-state index contributed by atoms with van der Waals surface area (Å²) in [4.78, 5) is 36.6. The van der Waals surface area contributed by atoms with Crippen molar-refractivity contribution in [3.8, 4) is 6.07 Å². The standard InChI is InChI=1S/C23H18N8O2/c24-7-14-2-3-15(28-8-14)10-31(11-21-26-4-1-5-27-21)23(32)19-6-16-17-12-33-13-18(17)22(25)30-20(16)9-29-19/h1-6,8-9H,10-13H2,(H2,25,30). The lowest BCUT2D eigenvalue weighted by atomic mass is 10.1. The smallest absolute Gasteiger partial charge is 0.273 e. The molecule has 4 aromatic rings. The number of nitriles is 1. The maximum absolute atomic E-state index is 13.5. The molecule has 4 aromatic heterocycles. The summed E-state index contributed by atoms with van der Waals surface area (Å²) in [5.41, 5.74) is 9.77. The molecule has 0 bridgehead atoms. The molecule has 0 radical (unpaired) electrons. The zero-order valence-electron chi connectivity index (χ0n) is 17.5. The molecule has 0 aromatic carbocycles. The Morgan fingerprint density at radius 3 is 2.67 bits per heavy atom. The SMILES string of the molecule is N#Cc1ccc(CN(Cc2ncccn2)C(=O)c2cc3c4c(c(N)nc3cn2)COC4)nc1. The average Bonchev–Trinajstić information content (AvgIpc) is 3.35. The van der Waals surface area contributed by atoms with Crippen LogP contribution in [0.2, 0.25) is 0 Å². The zero-order valence-corrected chi connectivity index (χ0v) is 17.5. The van der Waals surface area contributed by atoms with E-state index in [4.69, 9.17) is 15.7 Å². The molecule has 0 atom stereocenters. The van der Waals surface area contributed by atoms with Gasteiger partial charge in [0.15, 0.2) is 0 Å². The van der Waals surface area contributed by atoms with Crippen LogP contribution in [0.25, 0.3) is 10.9 Å². The summed E-state index contributed by atoms with van der Waals surface area (Å²) in [5.74, 6) is 0.606. The second kappa shape index (κ2) is 8.57. The Labute approximate surface area is 188 Å². The predicted octanol–water partition coefficient (Wildman–Crippen LogP) is 2.14. The molecule has 0 unspecified atom stereocenters. The van der Waals surface area contributed by atoms with E-state index in [1.165, 1.54) is 6.20 Å². The van der Waals surface area contributed by atoms with Gasteiger partial charge in [0.05, 0.1) is 49.3 Å². The number of pyridine rings is 3. The summed E-state index contributed by atoms with van der Waals surface area (Å²) >= 11 is 0. The van der Waals surface area contributed by atoms with E-state index in [1.54, 1.807) is 47.8 Å². The van der Waals surface area contributed by atoms with Gasteiger partial charge in [-0.2, -0.15) is 5.26 Å². The molecule has 0 saturated heterocycles. The number of hydrogen-bond acceptors (Lipinski definition) is 9. The fourth-order valence-electron chi connectivity index (χ4n) is 3.71. The zero-order chi connectivity index (χ0) is 22.8. The van der Waals surface area contributed by atoms with Crippen LogP contribution in [-0.4, -0.2) is 35.7 Å². The number of nitrogens with zero attached hydrogens (tertiary/aromatic N) is 7. The molecule has 5 heterocycles. The van der Waals surface area contributed by atoms with Gasteiger partial charge in [-0.1, -0.05) is 0 Å². The maximum Gasteiger partial charge on any atom is 0.273 e. The first-order valence-corrected chi connectivity index (χ1v) is 10.2. The van der Waals surface area contributed by atoms with Crippen LogP contribution >= 0.6 is 0 Å². The summed E-state index contributed by atoms with van der Waals surface area (Å²) < 4.78 is 5.55. The first-order chi connectivity index (χ1) is 16.1. The molecule has 162 valence electrons. The van der Waals surface area contributed by atoms with Gasteiger partial charge in [0, 0.05) is 29.5 Å². The fourth-order valence-corrected chi connectivity index (χ4v) is 3.71. The summed E-state index contributed by atoms with van der Waals surface area (Å²) in [6.45, 7) is 1.18. The lowest BCUT2D eigenvalue weighted by molar-refractivity contribution is 0.0717. The van der Waals surface area contributed by atoms with E-state index < -0.39 is 0 Å². The summed E-state index contributed by atoms with van der Waals surface area (Å²) in [7, 11) is 0. The van der Waals surface area contributed by atoms with E-state index in [2.05, 4.69) is 24.9 Å². The molecule has 0 saturated carbocycles. The predicted molar refractivity (Wildman–Crippen MR) is 117 cm³/mol. The number of carbonyl (C=O) groups excluding carboxylic acids is 1. The molecule has 0 spiro atoms. The van der Waals surface area contributed by atoms with Crippen molar-refractivity contribution in [2.45, 2.75) is 26.3 Å². The topological polar surface area (TPSA) is 144 Å². The van der Waals surface area contributed by atoms with Gasteiger partial charge in [-0.05, 0) is 29.8 Å². The minimum absolute atomic E-state index is 0.169. The molecule has 1 aliphatic rings. The van der Waals surface area contributed by atoms with Crippen LogP contribution in [0.15, 0.2) is 49.1 Å². The van der Waals surface area contributed by atoms with E-state index in [9.17, 15) is 4.79 Å². The third-order valence-corrected chi connectivity index (χ3v) is 5.38. The van der Waals surface area contributed by atoms with E-state index in [-0.39, 0.29) is 24.7 Å². The van der Waals surface area contributed by atoms with Crippen molar-refractivity contribution in [3.05, 3.63) is 83.0 Å². The Hall–Kier alpha value is -4.49. The second-order valence-electron chi connectivity index (χ2n) is 7.51. The van der Waals surface area contributed by atoms with Crippen LogP contribution in [0.3, 0.4) is 0 Å². The van der Waals surface area contributed by atoms with Crippen molar-refractivity contribution in [2.24, 2.45) is 0 Å². The van der Waals surface area contributed by atoms with Crippen molar-refractivity contribution in [1.29, 1.82) is 5.26 Å². The first-order valence-electron chi connectivity index (χ1n) is 10.2. The third-order valence-electron chi connectivity index (χ3n) is 5.38. The normalized spacial score (nSPS) is 12.3. The number of aromatic nitrogens is 5. The van der Waals surface area contributed by atoms with Gasteiger partial charge in [0.25, 0.3) is 5.91 Å². The summed E-state index contributed by atoms with van der Waals surface area (Å²) in [5, 5.41) is 9.81. The van der Waals surface area contributed by atoms with E-state index in [0.717, 1.165) is 16.5 Å². The third kappa shape index (κ3) is 4.05. The molecule has 0 fully saturated rings. The molecular weight excluding hydrogens is 420 g/mol. The maximum atomic E-state index is 13.5. The van der Waals surface area contributed by atoms with Gasteiger partial charge in [-0.15, -0.1) is 0 Å². The number of carbonyl (C=O) groups is 1. The fraction of sp³-hybridized carbons (Fsp3) is 0.174. The van der Waals surface area contributed by atoms with Gasteiger partial charge in [0.1, 0.15) is 23.4 Å². The largest absolute Gasteiger partial charge is 0.383 e. The quantitative estimate of drug-likeness (QED) is 0.495. The van der Waals surface area contributed by atoms with Crippen LogP contribution in [0.1, 0.15) is 38.7 Å². The molecule has 0 aliphatic carbocycles. The van der Waals surface area contributed by atoms with Gasteiger partial charge < -0.3 is 15.4 Å². The number of anilines is 1. The van der Waals surface area contributed by atoms with E-state index >= 15 is 0 Å². The van der Waals surface area contributed by atoms with Gasteiger partial charge in [-0.3, -0.25) is 9.78 Å². The monoisotopic (exact) mass is 438 g/mol. The molecule has 1 amide bonds. The average molecular weight is 438 g/mol. The first kappa shape index (κ1) is 20.4. The number of fused-ring (bicyclic) bond motifs is 3. The van der Waals surface area contributed by atoms with Crippen molar-refractivity contribution < 1.29 is 9.53 Å². The molecule has 5 rings (SSSR count). The highest BCUT2D eigenvalue weighted by atomic mass is 16.5. The van der Waals surface area contributed by atoms with Gasteiger partial charge >= 0.3 is 0 Å². The number of rotatable bonds is 5. The Morgan fingerprint density at radius 1 is 1.09 bits per heavy atom. The molecule has 33 heavy (non-hydrogen) atoms. The summed E-state index contributed by atoms with van der Waals surface area (Å²) in [6, 6.07) is 8.86. The highest BCUT2D eigenvalue weighted by Crippen LogP contribution is 2.31. The van der Waals surface area contributed by atoms with E-state index in [1.807, 2.05) is 6.07 Å². The Kier molecular flexibility index (Phi) is 5.30. The van der Waals surface area contributed by atoms with Crippen LogP contribution in [0, 0.1) is 11.3 Å². The van der Waals surface area contributed by atoms with Gasteiger partial charge in [0.2, 0.25) is 0 Å². The number of nitrogen functional groups attached to an aromatic ring is 1. The second-order valence-corrected chi connectivity index (χ2v) is 7.51. The number of amides is 1. The van der Waals surface area contributed by atoms with Gasteiger partial charge in [-0.25, -0.2) is 19.9 Å². The lowest BCUT2D eigenvalue weighted by Gasteiger charge is -2.21. The lowest BCUT2D eigenvalue weighted by Crippen LogP contribution is -2.31.